The average Bonchev–Trinajstić information content (AvgIpc) is 2.38. The molecule has 1 unspecified atom stereocenters. The largest absolute Gasteiger partial charge is 0.393 e. The molecular weight excluding hydrogens is 233 g/mol. The zero-order valence-electron chi connectivity index (χ0n) is 10.4. The summed E-state index contributed by atoms with van der Waals surface area (Å²) in [5.41, 5.74) is 0.632. The standard InChI is InChI=1S/C14H20FNO2/c15-12-3-1-2-11(10-12)14(18)6-9-16-7-4-13(17)5-8-16/h1-3,10,13-14,17-18H,4-9H2. The van der Waals surface area contributed by atoms with Gasteiger partial charge >= 0.3 is 0 Å². The summed E-state index contributed by atoms with van der Waals surface area (Å²) in [6.45, 7) is 2.53. The first-order chi connectivity index (χ1) is 8.65. The Kier molecular flexibility index (Phi) is 4.69. The summed E-state index contributed by atoms with van der Waals surface area (Å²) in [4.78, 5) is 2.23. The van der Waals surface area contributed by atoms with Gasteiger partial charge in [-0.25, -0.2) is 4.39 Å². The van der Waals surface area contributed by atoms with Crippen LogP contribution in [0, 0.1) is 5.82 Å². The molecule has 4 heteroatoms. The Balaban J connectivity index is 1.79. The van der Waals surface area contributed by atoms with Crippen LogP contribution in [0.25, 0.3) is 0 Å². The topological polar surface area (TPSA) is 43.7 Å². The van der Waals surface area contributed by atoms with E-state index in [0.717, 1.165) is 32.5 Å². The van der Waals surface area contributed by atoms with E-state index in [2.05, 4.69) is 4.90 Å². The third-order valence-corrected chi connectivity index (χ3v) is 3.51. The van der Waals surface area contributed by atoms with Crippen LogP contribution in [0.5, 0.6) is 0 Å². The fourth-order valence-electron chi connectivity index (χ4n) is 2.33. The summed E-state index contributed by atoms with van der Waals surface area (Å²) in [6, 6.07) is 6.12. The summed E-state index contributed by atoms with van der Waals surface area (Å²) >= 11 is 0. The third kappa shape index (κ3) is 3.77. The highest BCUT2D eigenvalue weighted by Gasteiger charge is 2.18. The molecule has 2 N–H and O–H groups in total. The van der Waals surface area contributed by atoms with Crippen LogP contribution >= 0.6 is 0 Å². The van der Waals surface area contributed by atoms with Gasteiger partial charge in [-0.1, -0.05) is 12.1 Å². The van der Waals surface area contributed by atoms with Crippen molar-refractivity contribution >= 4 is 0 Å². The second kappa shape index (κ2) is 6.27. The van der Waals surface area contributed by atoms with Gasteiger partial charge in [0.1, 0.15) is 5.82 Å². The maximum Gasteiger partial charge on any atom is 0.123 e. The molecule has 2 rings (SSSR count). The van der Waals surface area contributed by atoms with E-state index in [1.165, 1.54) is 12.1 Å². The molecule has 1 aliphatic rings. The van der Waals surface area contributed by atoms with Gasteiger partial charge in [-0.2, -0.15) is 0 Å². The molecule has 0 amide bonds. The molecule has 0 spiro atoms. The molecule has 1 aromatic carbocycles. The Bertz CT molecular complexity index is 378. The van der Waals surface area contributed by atoms with Gasteiger partial charge in [0.05, 0.1) is 12.2 Å². The summed E-state index contributed by atoms with van der Waals surface area (Å²) in [7, 11) is 0. The lowest BCUT2D eigenvalue weighted by Crippen LogP contribution is -2.36. The van der Waals surface area contributed by atoms with Crippen molar-refractivity contribution in [3.8, 4) is 0 Å². The zero-order valence-corrected chi connectivity index (χ0v) is 10.4. The molecule has 1 atom stereocenters. The number of hydrogen-bond acceptors (Lipinski definition) is 3. The predicted octanol–water partition coefficient (Wildman–Crippen LogP) is 1.71. The monoisotopic (exact) mass is 253 g/mol. The van der Waals surface area contributed by atoms with Crippen molar-refractivity contribution in [2.75, 3.05) is 19.6 Å². The summed E-state index contributed by atoms with van der Waals surface area (Å²) < 4.78 is 13.0. The highest BCUT2D eigenvalue weighted by molar-refractivity contribution is 5.18. The molecule has 100 valence electrons. The lowest BCUT2D eigenvalue weighted by Gasteiger charge is -2.30. The quantitative estimate of drug-likeness (QED) is 0.858. The first-order valence-electron chi connectivity index (χ1n) is 6.49. The number of aliphatic hydroxyl groups is 2. The van der Waals surface area contributed by atoms with Gasteiger partial charge in [0.15, 0.2) is 0 Å². The van der Waals surface area contributed by atoms with Crippen molar-refractivity contribution in [3.63, 3.8) is 0 Å². The molecule has 1 aliphatic heterocycles. The van der Waals surface area contributed by atoms with Gasteiger partial charge in [-0.3, -0.25) is 0 Å². The number of likely N-dealkylation sites (tertiary alicyclic amines) is 1. The van der Waals surface area contributed by atoms with E-state index in [1.54, 1.807) is 12.1 Å². The van der Waals surface area contributed by atoms with E-state index in [9.17, 15) is 14.6 Å². The van der Waals surface area contributed by atoms with Gasteiger partial charge in [0, 0.05) is 19.6 Å². The molecule has 0 saturated carbocycles. The fraction of sp³-hybridized carbons (Fsp3) is 0.571. The number of piperidine rings is 1. The SMILES string of the molecule is OC1CCN(CCC(O)c2cccc(F)c2)CC1. The molecule has 0 bridgehead atoms. The average molecular weight is 253 g/mol. The van der Waals surface area contributed by atoms with Crippen LogP contribution in [0.1, 0.15) is 30.9 Å². The Morgan fingerprint density at radius 1 is 1.33 bits per heavy atom. The smallest absolute Gasteiger partial charge is 0.123 e. The minimum atomic E-state index is -0.618. The highest BCUT2D eigenvalue weighted by Crippen LogP contribution is 2.19. The number of aliphatic hydroxyl groups excluding tert-OH is 2. The summed E-state index contributed by atoms with van der Waals surface area (Å²) in [5, 5.41) is 19.4. The number of hydrogen-bond donors (Lipinski definition) is 2. The second-order valence-electron chi connectivity index (χ2n) is 4.93. The third-order valence-electron chi connectivity index (χ3n) is 3.51. The molecule has 3 nitrogen and oxygen atoms in total. The molecule has 1 aromatic rings. The van der Waals surface area contributed by atoms with Gasteiger partial charge in [0.2, 0.25) is 0 Å². The summed E-state index contributed by atoms with van der Waals surface area (Å²) in [5.74, 6) is -0.312. The summed E-state index contributed by atoms with van der Waals surface area (Å²) in [6.07, 6.45) is 1.41. The number of rotatable bonds is 4. The predicted molar refractivity (Wildman–Crippen MR) is 67.7 cm³/mol. The van der Waals surface area contributed by atoms with Crippen molar-refractivity contribution in [2.24, 2.45) is 0 Å². The number of halogens is 1. The van der Waals surface area contributed by atoms with E-state index in [-0.39, 0.29) is 11.9 Å². The van der Waals surface area contributed by atoms with Crippen LogP contribution in [0.3, 0.4) is 0 Å². The van der Waals surface area contributed by atoms with Crippen LogP contribution in [-0.2, 0) is 0 Å². The zero-order chi connectivity index (χ0) is 13.0. The molecule has 1 saturated heterocycles. The van der Waals surface area contributed by atoms with Crippen molar-refractivity contribution in [1.29, 1.82) is 0 Å². The van der Waals surface area contributed by atoms with Gasteiger partial charge in [0.25, 0.3) is 0 Å². The van der Waals surface area contributed by atoms with Crippen LogP contribution in [-0.4, -0.2) is 40.9 Å². The minimum absolute atomic E-state index is 0.172. The molecule has 1 fully saturated rings. The van der Waals surface area contributed by atoms with Gasteiger partial charge in [-0.05, 0) is 37.0 Å². The van der Waals surface area contributed by atoms with Crippen LogP contribution < -0.4 is 0 Å². The highest BCUT2D eigenvalue weighted by atomic mass is 19.1. The van der Waals surface area contributed by atoms with Crippen molar-refractivity contribution in [1.82, 2.24) is 4.90 Å². The molecule has 0 aliphatic carbocycles. The van der Waals surface area contributed by atoms with Gasteiger partial charge < -0.3 is 15.1 Å². The van der Waals surface area contributed by atoms with Gasteiger partial charge in [-0.15, -0.1) is 0 Å². The Morgan fingerprint density at radius 3 is 2.72 bits per heavy atom. The van der Waals surface area contributed by atoms with Crippen molar-refractivity contribution < 1.29 is 14.6 Å². The van der Waals surface area contributed by atoms with E-state index in [0.29, 0.717) is 12.0 Å². The van der Waals surface area contributed by atoms with E-state index in [1.807, 2.05) is 0 Å². The number of benzene rings is 1. The van der Waals surface area contributed by atoms with E-state index < -0.39 is 6.10 Å². The fourth-order valence-corrected chi connectivity index (χ4v) is 2.33. The van der Waals surface area contributed by atoms with E-state index in [4.69, 9.17) is 0 Å². The van der Waals surface area contributed by atoms with Crippen molar-refractivity contribution in [2.45, 2.75) is 31.5 Å². The number of nitrogens with zero attached hydrogens (tertiary/aromatic N) is 1. The van der Waals surface area contributed by atoms with Crippen LogP contribution in [0.2, 0.25) is 0 Å². The molecule has 1 heterocycles. The second-order valence-corrected chi connectivity index (χ2v) is 4.93. The molecule has 0 radical (unpaired) electrons. The lowest BCUT2D eigenvalue weighted by atomic mass is 10.0. The minimum Gasteiger partial charge on any atom is -0.393 e. The maximum atomic E-state index is 13.0. The van der Waals surface area contributed by atoms with Crippen LogP contribution in [0.4, 0.5) is 4.39 Å². The first-order valence-corrected chi connectivity index (χ1v) is 6.49. The molecular formula is C14H20FNO2. The normalized spacial score (nSPS) is 19.9. The molecule has 0 aromatic heterocycles. The molecule has 18 heavy (non-hydrogen) atoms. The Labute approximate surface area is 107 Å². The lowest BCUT2D eigenvalue weighted by molar-refractivity contribution is 0.0711. The Morgan fingerprint density at radius 2 is 2.06 bits per heavy atom. The van der Waals surface area contributed by atoms with Crippen molar-refractivity contribution in [3.05, 3.63) is 35.6 Å². The maximum absolute atomic E-state index is 13.0. The van der Waals surface area contributed by atoms with Crippen LogP contribution in [0.15, 0.2) is 24.3 Å². The first kappa shape index (κ1) is 13.5. The van der Waals surface area contributed by atoms with E-state index >= 15 is 0 Å². The Hall–Kier alpha value is -0.970.